The van der Waals surface area contributed by atoms with Crippen LogP contribution in [0.3, 0.4) is 0 Å². The van der Waals surface area contributed by atoms with Gasteiger partial charge in [0.05, 0.1) is 6.61 Å². The highest BCUT2D eigenvalue weighted by atomic mass is 16.5. The van der Waals surface area contributed by atoms with Crippen LogP contribution in [-0.4, -0.2) is 33.4 Å². The highest BCUT2D eigenvalue weighted by Gasteiger charge is 2.18. The minimum Gasteiger partial charge on any atom is -0.383 e. The monoisotopic (exact) mass is 248 g/mol. The van der Waals surface area contributed by atoms with Gasteiger partial charge in [-0.05, 0) is 30.0 Å². The third-order valence-electron chi connectivity index (χ3n) is 3.54. The largest absolute Gasteiger partial charge is 0.383 e. The number of ether oxygens (including phenoxy) is 1. The number of hydrogen-bond acceptors (Lipinski definition) is 3. The highest BCUT2D eigenvalue weighted by Crippen LogP contribution is 2.23. The maximum atomic E-state index is 5.01. The molecule has 1 aliphatic rings. The van der Waals surface area contributed by atoms with Crippen LogP contribution < -0.4 is 10.2 Å². The van der Waals surface area contributed by atoms with Gasteiger partial charge in [-0.2, -0.15) is 0 Å². The van der Waals surface area contributed by atoms with E-state index in [0.717, 1.165) is 25.6 Å². The number of hydrogen-bond donors (Lipinski definition) is 1. The zero-order chi connectivity index (χ0) is 12.8. The summed E-state index contributed by atoms with van der Waals surface area (Å²) in [5, 5.41) is 3.36. The van der Waals surface area contributed by atoms with Crippen LogP contribution in [0.1, 0.15) is 18.9 Å². The van der Waals surface area contributed by atoms with Crippen molar-refractivity contribution in [3.63, 3.8) is 0 Å². The molecule has 1 unspecified atom stereocenters. The van der Waals surface area contributed by atoms with Crippen LogP contribution in [0.25, 0.3) is 0 Å². The van der Waals surface area contributed by atoms with Crippen LogP contribution >= 0.6 is 0 Å². The van der Waals surface area contributed by atoms with Crippen molar-refractivity contribution in [2.75, 3.05) is 38.3 Å². The molecule has 1 fully saturated rings. The molecule has 0 aromatic heterocycles. The fraction of sp³-hybridized carbons (Fsp3) is 0.600. The molecule has 0 saturated carbocycles. The number of benzene rings is 1. The molecule has 0 aliphatic carbocycles. The zero-order valence-corrected chi connectivity index (χ0v) is 11.5. The molecule has 0 amide bonds. The first kappa shape index (κ1) is 13.4. The van der Waals surface area contributed by atoms with Gasteiger partial charge in [0.2, 0.25) is 0 Å². The number of rotatable bonds is 6. The van der Waals surface area contributed by atoms with E-state index in [4.69, 9.17) is 4.74 Å². The lowest BCUT2D eigenvalue weighted by Crippen LogP contribution is -2.20. The topological polar surface area (TPSA) is 24.5 Å². The van der Waals surface area contributed by atoms with Gasteiger partial charge in [0.15, 0.2) is 0 Å². The molecule has 100 valence electrons. The Morgan fingerprint density at radius 3 is 2.72 bits per heavy atom. The minimum absolute atomic E-state index is 0.768. The predicted molar refractivity (Wildman–Crippen MR) is 76.0 cm³/mol. The fourth-order valence-corrected chi connectivity index (χ4v) is 2.40. The molecule has 1 aromatic rings. The summed E-state index contributed by atoms with van der Waals surface area (Å²) in [5.74, 6) is 0.834. The Bertz CT molecular complexity index is 350. The molecule has 1 atom stereocenters. The Hall–Kier alpha value is -1.06. The van der Waals surface area contributed by atoms with Crippen LogP contribution in [0.4, 0.5) is 5.69 Å². The van der Waals surface area contributed by atoms with Crippen molar-refractivity contribution >= 4 is 5.69 Å². The van der Waals surface area contributed by atoms with Gasteiger partial charge in [-0.1, -0.05) is 19.1 Å². The van der Waals surface area contributed by atoms with Gasteiger partial charge < -0.3 is 15.0 Å². The van der Waals surface area contributed by atoms with Gasteiger partial charge in [-0.25, -0.2) is 0 Å². The molecule has 1 aromatic carbocycles. The Labute approximate surface area is 110 Å². The van der Waals surface area contributed by atoms with Crippen LogP contribution in [0.5, 0.6) is 0 Å². The molecule has 3 nitrogen and oxygen atoms in total. The Kier molecular flexibility index (Phi) is 5.02. The van der Waals surface area contributed by atoms with E-state index in [2.05, 4.69) is 41.4 Å². The molecule has 18 heavy (non-hydrogen) atoms. The third-order valence-corrected chi connectivity index (χ3v) is 3.54. The van der Waals surface area contributed by atoms with Crippen LogP contribution in [0.15, 0.2) is 24.3 Å². The van der Waals surface area contributed by atoms with Gasteiger partial charge in [-0.3, -0.25) is 0 Å². The maximum absolute atomic E-state index is 5.01. The molecule has 1 N–H and O–H groups in total. The maximum Gasteiger partial charge on any atom is 0.0587 e. The zero-order valence-electron chi connectivity index (χ0n) is 11.5. The van der Waals surface area contributed by atoms with E-state index in [1.807, 2.05) is 0 Å². The highest BCUT2D eigenvalue weighted by molar-refractivity contribution is 5.48. The van der Waals surface area contributed by atoms with Gasteiger partial charge in [0, 0.05) is 39.0 Å². The Morgan fingerprint density at radius 2 is 2.11 bits per heavy atom. The third kappa shape index (κ3) is 3.72. The lowest BCUT2D eigenvalue weighted by Gasteiger charge is -2.18. The molecule has 3 heteroatoms. The van der Waals surface area contributed by atoms with Crippen molar-refractivity contribution in [1.29, 1.82) is 0 Å². The summed E-state index contributed by atoms with van der Waals surface area (Å²) < 4.78 is 5.01. The normalized spacial score (nSPS) is 19.4. The first-order chi connectivity index (χ1) is 8.79. The number of anilines is 1. The quantitative estimate of drug-likeness (QED) is 0.782. The van der Waals surface area contributed by atoms with Gasteiger partial charge >= 0.3 is 0 Å². The van der Waals surface area contributed by atoms with E-state index >= 15 is 0 Å². The lowest BCUT2D eigenvalue weighted by molar-refractivity contribution is 0.199. The SMILES string of the molecule is COCCNCc1ccc(N2CCC(C)C2)cc1. The van der Waals surface area contributed by atoms with Gasteiger partial charge in [0.1, 0.15) is 0 Å². The first-order valence-corrected chi connectivity index (χ1v) is 6.83. The molecular weight excluding hydrogens is 224 g/mol. The second-order valence-corrected chi connectivity index (χ2v) is 5.18. The van der Waals surface area contributed by atoms with E-state index in [1.165, 1.54) is 30.8 Å². The average molecular weight is 248 g/mol. The Morgan fingerprint density at radius 1 is 1.33 bits per heavy atom. The van der Waals surface area contributed by atoms with Crippen LogP contribution in [0, 0.1) is 5.92 Å². The summed E-state index contributed by atoms with van der Waals surface area (Å²) in [6, 6.07) is 8.92. The lowest BCUT2D eigenvalue weighted by atomic mass is 10.2. The summed E-state index contributed by atoms with van der Waals surface area (Å²) in [4.78, 5) is 2.48. The molecule has 1 heterocycles. The van der Waals surface area contributed by atoms with Crippen molar-refractivity contribution in [3.05, 3.63) is 29.8 Å². The summed E-state index contributed by atoms with van der Waals surface area (Å²) in [6.45, 7) is 7.32. The van der Waals surface area contributed by atoms with Crippen molar-refractivity contribution in [2.45, 2.75) is 19.9 Å². The second kappa shape index (κ2) is 6.76. The van der Waals surface area contributed by atoms with Gasteiger partial charge in [-0.15, -0.1) is 0 Å². The van der Waals surface area contributed by atoms with Crippen molar-refractivity contribution in [2.24, 2.45) is 5.92 Å². The van der Waals surface area contributed by atoms with Crippen molar-refractivity contribution in [3.8, 4) is 0 Å². The van der Waals surface area contributed by atoms with Crippen molar-refractivity contribution < 1.29 is 4.74 Å². The van der Waals surface area contributed by atoms with Crippen molar-refractivity contribution in [1.82, 2.24) is 5.32 Å². The number of nitrogens with one attached hydrogen (secondary N) is 1. The number of methoxy groups -OCH3 is 1. The predicted octanol–water partition coefficient (Wildman–Crippen LogP) is 2.27. The fourth-order valence-electron chi connectivity index (χ4n) is 2.40. The minimum atomic E-state index is 0.768. The van der Waals surface area contributed by atoms with Gasteiger partial charge in [0.25, 0.3) is 0 Å². The summed E-state index contributed by atoms with van der Waals surface area (Å²) in [5.41, 5.74) is 2.70. The smallest absolute Gasteiger partial charge is 0.0587 e. The second-order valence-electron chi connectivity index (χ2n) is 5.18. The van der Waals surface area contributed by atoms with Crippen LogP contribution in [-0.2, 0) is 11.3 Å². The Balaban J connectivity index is 1.82. The molecule has 0 bridgehead atoms. The summed E-state index contributed by atoms with van der Waals surface area (Å²) in [7, 11) is 1.73. The van der Waals surface area contributed by atoms with E-state index in [-0.39, 0.29) is 0 Å². The standard InChI is InChI=1S/C15H24N2O/c1-13-7-9-17(12-13)15-5-3-14(4-6-15)11-16-8-10-18-2/h3-6,13,16H,7-12H2,1-2H3. The first-order valence-electron chi connectivity index (χ1n) is 6.83. The molecule has 1 aliphatic heterocycles. The molecule has 2 rings (SSSR count). The summed E-state index contributed by atoms with van der Waals surface area (Å²) in [6.07, 6.45) is 1.32. The van der Waals surface area contributed by atoms with Crippen LogP contribution in [0.2, 0.25) is 0 Å². The average Bonchev–Trinajstić information content (AvgIpc) is 2.82. The molecule has 0 spiro atoms. The van der Waals surface area contributed by atoms with E-state index < -0.39 is 0 Å². The molecule has 0 radical (unpaired) electrons. The van der Waals surface area contributed by atoms with E-state index in [9.17, 15) is 0 Å². The molecular formula is C15H24N2O. The molecule has 1 saturated heterocycles. The van der Waals surface area contributed by atoms with E-state index in [0.29, 0.717) is 0 Å². The van der Waals surface area contributed by atoms with E-state index in [1.54, 1.807) is 7.11 Å². The number of nitrogens with zero attached hydrogens (tertiary/aromatic N) is 1. The summed E-state index contributed by atoms with van der Waals surface area (Å²) >= 11 is 0.